The van der Waals surface area contributed by atoms with Gasteiger partial charge in [0.2, 0.25) is 0 Å². The summed E-state index contributed by atoms with van der Waals surface area (Å²) in [6.45, 7) is 28.9. The number of aryl methyl sites for hydroxylation is 2. The summed E-state index contributed by atoms with van der Waals surface area (Å²) in [7, 11) is 0. The Morgan fingerprint density at radius 2 is 1.14 bits per heavy atom. The fourth-order valence-electron chi connectivity index (χ4n) is 2.93. The van der Waals surface area contributed by atoms with E-state index in [1.54, 1.807) is 0 Å². The summed E-state index contributed by atoms with van der Waals surface area (Å²) in [5, 5.41) is 0. The van der Waals surface area contributed by atoms with E-state index in [0.29, 0.717) is 5.92 Å². The molecule has 0 saturated carbocycles. The third-order valence-electron chi connectivity index (χ3n) is 3.82. The normalized spacial score (nSPS) is 11.6. The molecule has 0 N–H and O–H groups in total. The minimum atomic E-state index is 0. The van der Waals surface area contributed by atoms with Gasteiger partial charge in [-0.25, -0.2) is 0 Å². The van der Waals surface area contributed by atoms with Gasteiger partial charge in [0.1, 0.15) is 0 Å². The van der Waals surface area contributed by atoms with Crippen LogP contribution >= 0.6 is 0 Å². The molecule has 0 nitrogen and oxygen atoms in total. The summed E-state index contributed by atoms with van der Waals surface area (Å²) in [5.74, 6) is 0.638. The van der Waals surface area contributed by atoms with E-state index in [0.717, 1.165) is 0 Å². The largest absolute Gasteiger partial charge is 0.106 e. The average molecular weight is 401 g/mol. The van der Waals surface area contributed by atoms with Gasteiger partial charge in [0.05, 0.1) is 0 Å². The van der Waals surface area contributed by atoms with E-state index in [-0.39, 0.29) is 7.43 Å². The first-order valence-corrected chi connectivity index (χ1v) is 11.3. The van der Waals surface area contributed by atoms with Crippen molar-refractivity contribution in [2.45, 2.75) is 102 Å². The Balaban J connectivity index is -0.000000226. The highest BCUT2D eigenvalue weighted by Gasteiger charge is 2.21. The summed E-state index contributed by atoms with van der Waals surface area (Å²) >= 11 is 0. The monoisotopic (exact) mass is 400 g/mol. The maximum absolute atomic E-state index is 3.00. The van der Waals surface area contributed by atoms with Crippen LogP contribution in [0.4, 0.5) is 0 Å². The second-order valence-corrected chi connectivity index (χ2v) is 6.06. The van der Waals surface area contributed by atoms with Crippen molar-refractivity contribution in [2.75, 3.05) is 0 Å². The molecule has 0 aliphatic heterocycles. The highest BCUT2D eigenvalue weighted by molar-refractivity contribution is 5.74. The summed E-state index contributed by atoms with van der Waals surface area (Å²) in [6.07, 6.45) is 2.42. The molecular formula is C29H52. The van der Waals surface area contributed by atoms with Gasteiger partial charge in [-0.05, 0) is 48.4 Å². The molecule has 0 heterocycles. The quantitative estimate of drug-likeness (QED) is 0.386. The fraction of sp³-hybridized carbons (Fsp3) is 0.517. The van der Waals surface area contributed by atoms with Crippen molar-refractivity contribution in [3.05, 3.63) is 71.8 Å². The van der Waals surface area contributed by atoms with Gasteiger partial charge < -0.3 is 0 Å². The molecule has 0 saturated heterocycles. The zero-order valence-corrected chi connectivity index (χ0v) is 20.9. The van der Waals surface area contributed by atoms with E-state index in [1.807, 2.05) is 41.5 Å². The molecule has 0 aromatic heterocycles. The van der Waals surface area contributed by atoms with Gasteiger partial charge in [0, 0.05) is 0 Å². The Labute approximate surface area is 185 Å². The summed E-state index contributed by atoms with van der Waals surface area (Å²) in [4.78, 5) is 0. The Morgan fingerprint density at radius 1 is 0.759 bits per heavy atom. The van der Waals surface area contributed by atoms with Crippen LogP contribution in [0.1, 0.15) is 104 Å². The Kier molecular flexibility index (Phi) is 26.9. The van der Waals surface area contributed by atoms with Crippen LogP contribution in [-0.4, -0.2) is 0 Å². The van der Waals surface area contributed by atoms with Crippen molar-refractivity contribution in [1.29, 1.82) is 0 Å². The summed E-state index contributed by atoms with van der Waals surface area (Å²) < 4.78 is 0. The molecule has 168 valence electrons. The average Bonchev–Trinajstić information content (AvgIpc) is 2.75. The molecule has 1 aliphatic carbocycles. The molecule has 3 rings (SSSR count). The Hall–Kier alpha value is -1.82. The lowest BCUT2D eigenvalue weighted by Gasteiger charge is -2.26. The predicted octanol–water partition coefficient (Wildman–Crippen LogP) is 10.6. The van der Waals surface area contributed by atoms with Crippen LogP contribution in [0.2, 0.25) is 0 Å². The predicted molar refractivity (Wildman–Crippen MR) is 141 cm³/mol. The zero-order valence-electron chi connectivity index (χ0n) is 20.9. The second-order valence-electron chi connectivity index (χ2n) is 6.06. The molecule has 0 fully saturated rings. The van der Waals surface area contributed by atoms with Crippen LogP contribution in [0.3, 0.4) is 0 Å². The van der Waals surface area contributed by atoms with E-state index < -0.39 is 0 Å². The first kappa shape index (κ1) is 34.7. The Bertz CT molecular complexity index is 607. The SMILES string of the molecule is C.C=C.CC.CC.CC.CCC.Cc1ccc2c(c1)CC(C)c1cc(C)ccc1-2. The van der Waals surface area contributed by atoms with Crippen LogP contribution in [-0.2, 0) is 6.42 Å². The van der Waals surface area contributed by atoms with Crippen LogP contribution in [0, 0.1) is 13.8 Å². The summed E-state index contributed by atoms with van der Waals surface area (Å²) in [5.41, 5.74) is 8.63. The highest BCUT2D eigenvalue weighted by atomic mass is 14.2. The number of fused-ring (bicyclic) bond motifs is 3. The third-order valence-corrected chi connectivity index (χ3v) is 3.82. The van der Waals surface area contributed by atoms with E-state index in [9.17, 15) is 0 Å². The van der Waals surface area contributed by atoms with Crippen molar-refractivity contribution in [1.82, 2.24) is 0 Å². The van der Waals surface area contributed by atoms with E-state index >= 15 is 0 Å². The number of rotatable bonds is 0. The van der Waals surface area contributed by atoms with E-state index in [4.69, 9.17) is 0 Å². The number of benzene rings is 2. The molecule has 0 amide bonds. The molecule has 1 aliphatic rings. The van der Waals surface area contributed by atoms with Gasteiger partial charge in [0.25, 0.3) is 0 Å². The smallest absolute Gasteiger partial charge is 0.0143 e. The molecule has 1 unspecified atom stereocenters. The minimum absolute atomic E-state index is 0. The van der Waals surface area contributed by atoms with Crippen molar-refractivity contribution in [3.8, 4) is 11.1 Å². The molecule has 0 heteroatoms. The van der Waals surface area contributed by atoms with Crippen molar-refractivity contribution < 1.29 is 0 Å². The lowest BCUT2D eigenvalue weighted by atomic mass is 9.78. The molecule has 2 aromatic rings. The van der Waals surface area contributed by atoms with Crippen LogP contribution in [0.15, 0.2) is 49.6 Å². The lowest BCUT2D eigenvalue weighted by Crippen LogP contribution is -2.09. The van der Waals surface area contributed by atoms with Gasteiger partial charge in [-0.1, -0.05) is 124 Å². The Morgan fingerprint density at radius 3 is 1.59 bits per heavy atom. The van der Waals surface area contributed by atoms with Crippen molar-refractivity contribution in [2.24, 2.45) is 0 Å². The molecule has 0 radical (unpaired) electrons. The fourth-order valence-corrected chi connectivity index (χ4v) is 2.93. The number of hydrogen-bond donors (Lipinski definition) is 0. The topological polar surface area (TPSA) is 0 Å². The molecular weight excluding hydrogens is 348 g/mol. The van der Waals surface area contributed by atoms with Gasteiger partial charge in [-0.2, -0.15) is 0 Å². The number of hydrogen-bond acceptors (Lipinski definition) is 0. The third kappa shape index (κ3) is 11.7. The van der Waals surface area contributed by atoms with Gasteiger partial charge in [-0.3, -0.25) is 0 Å². The van der Waals surface area contributed by atoms with Crippen molar-refractivity contribution >= 4 is 0 Å². The zero-order chi connectivity index (χ0) is 22.7. The molecule has 29 heavy (non-hydrogen) atoms. The first-order valence-electron chi connectivity index (χ1n) is 11.3. The van der Waals surface area contributed by atoms with Gasteiger partial charge in [-0.15, -0.1) is 13.2 Å². The van der Waals surface area contributed by atoms with Crippen LogP contribution in [0.5, 0.6) is 0 Å². The maximum atomic E-state index is 3.00. The molecule has 0 spiro atoms. The van der Waals surface area contributed by atoms with Crippen molar-refractivity contribution in [3.63, 3.8) is 0 Å². The standard InChI is InChI=1S/C17H18.C3H8.3C2H6.C2H4.CH4/c1-11-4-6-15-14(8-11)10-13(3)17-9-12(2)5-7-16(15)17;1-3-2;4*1-2;/h4-9,13H,10H2,1-3H3;3H2,1-2H3;3*1-2H3;1-2H2;1H4. The molecule has 0 bridgehead atoms. The van der Waals surface area contributed by atoms with Gasteiger partial charge in [0.15, 0.2) is 0 Å². The lowest BCUT2D eigenvalue weighted by molar-refractivity contribution is 0.747. The van der Waals surface area contributed by atoms with Crippen LogP contribution in [0.25, 0.3) is 11.1 Å². The second kappa shape index (κ2) is 22.5. The van der Waals surface area contributed by atoms with E-state index in [2.05, 4.69) is 84.2 Å². The molecule has 2 aromatic carbocycles. The highest BCUT2D eigenvalue weighted by Crippen LogP contribution is 2.40. The maximum Gasteiger partial charge on any atom is -0.0143 e. The minimum Gasteiger partial charge on any atom is -0.106 e. The summed E-state index contributed by atoms with van der Waals surface area (Å²) in [6, 6.07) is 13.7. The van der Waals surface area contributed by atoms with Gasteiger partial charge >= 0.3 is 0 Å². The van der Waals surface area contributed by atoms with E-state index in [1.165, 1.54) is 46.2 Å². The van der Waals surface area contributed by atoms with Crippen LogP contribution < -0.4 is 0 Å². The first-order chi connectivity index (χ1) is 13.6. The molecule has 1 atom stereocenters.